The molecule has 0 aliphatic carbocycles. The first-order valence-corrected chi connectivity index (χ1v) is 7.79. The average Bonchev–Trinajstić information content (AvgIpc) is 2.48. The van der Waals surface area contributed by atoms with Gasteiger partial charge in [-0.1, -0.05) is 38.8 Å². The van der Waals surface area contributed by atoms with E-state index in [4.69, 9.17) is 4.74 Å². The molecule has 0 heterocycles. The summed E-state index contributed by atoms with van der Waals surface area (Å²) in [7, 11) is 1.70. The fourth-order valence-electron chi connectivity index (χ4n) is 2.66. The lowest BCUT2D eigenvalue weighted by Crippen LogP contribution is -2.21. The number of para-hydroxylation sites is 1. The van der Waals surface area contributed by atoms with Crippen molar-refractivity contribution in [2.45, 2.75) is 46.6 Å². The Kier molecular flexibility index (Phi) is 7.73. The number of methoxy groups -OCH3 is 1. The molecule has 21 heavy (non-hydrogen) atoms. The van der Waals surface area contributed by atoms with Crippen LogP contribution in [0.4, 0.5) is 0 Å². The van der Waals surface area contributed by atoms with E-state index in [0.29, 0.717) is 5.92 Å². The van der Waals surface area contributed by atoms with E-state index in [2.05, 4.69) is 23.8 Å². The quantitative estimate of drug-likeness (QED) is 0.656. The fourth-order valence-corrected chi connectivity index (χ4v) is 2.66. The zero-order chi connectivity index (χ0) is 15.7. The topological polar surface area (TPSA) is 34.0 Å². The maximum Gasteiger partial charge on any atom is 0.130 e. The molecular weight excluding hydrogens is 260 g/mol. The average molecular weight is 288 g/mol. The Bertz CT molecular complexity index is 476. The molecule has 3 heteroatoms. The molecule has 0 radical (unpaired) electrons. The molecule has 0 aromatic heterocycles. The summed E-state index contributed by atoms with van der Waals surface area (Å²) < 4.78 is 5.45. The molecule has 0 bridgehead atoms. The van der Waals surface area contributed by atoms with Crippen LogP contribution in [0.5, 0.6) is 5.75 Å². The monoisotopic (exact) mass is 288 g/mol. The third-order valence-corrected chi connectivity index (χ3v) is 3.90. The maximum absolute atomic E-state index is 5.45. The molecule has 1 rings (SSSR count). The highest BCUT2D eigenvalue weighted by atomic mass is 16.5. The van der Waals surface area contributed by atoms with Crippen molar-refractivity contribution in [3.8, 4) is 5.75 Å². The van der Waals surface area contributed by atoms with Gasteiger partial charge in [-0.25, -0.2) is 0 Å². The Morgan fingerprint density at radius 3 is 2.52 bits per heavy atom. The van der Waals surface area contributed by atoms with Crippen LogP contribution in [0.3, 0.4) is 0 Å². The number of rotatable bonds is 8. The first-order valence-electron chi connectivity index (χ1n) is 7.79. The minimum atomic E-state index is 0.275. The van der Waals surface area contributed by atoms with Gasteiger partial charge in [-0.3, -0.25) is 9.98 Å². The van der Waals surface area contributed by atoms with Crippen LogP contribution in [0.1, 0.15) is 44.7 Å². The van der Waals surface area contributed by atoms with Crippen molar-refractivity contribution in [1.82, 2.24) is 0 Å². The molecule has 1 aromatic rings. The van der Waals surface area contributed by atoms with Crippen LogP contribution < -0.4 is 4.74 Å². The van der Waals surface area contributed by atoms with E-state index in [-0.39, 0.29) is 6.04 Å². The summed E-state index contributed by atoms with van der Waals surface area (Å²) in [6.45, 7) is 9.19. The predicted molar refractivity (Wildman–Crippen MR) is 92.2 cm³/mol. The molecule has 1 aromatic carbocycles. The van der Waals surface area contributed by atoms with E-state index in [0.717, 1.165) is 36.3 Å². The van der Waals surface area contributed by atoms with Crippen molar-refractivity contribution >= 4 is 12.4 Å². The molecule has 0 saturated heterocycles. The molecule has 0 saturated carbocycles. The van der Waals surface area contributed by atoms with Gasteiger partial charge in [0, 0.05) is 11.8 Å². The molecule has 0 spiro atoms. The molecule has 0 unspecified atom stereocenters. The van der Waals surface area contributed by atoms with E-state index in [1.165, 1.54) is 0 Å². The van der Waals surface area contributed by atoms with Crippen molar-refractivity contribution in [1.29, 1.82) is 0 Å². The van der Waals surface area contributed by atoms with Crippen molar-refractivity contribution in [2.24, 2.45) is 15.9 Å². The lowest BCUT2D eigenvalue weighted by Gasteiger charge is -2.19. The number of hydrogen-bond donors (Lipinski definition) is 0. The molecule has 116 valence electrons. The second-order valence-corrected chi connectivity index (χ2v) is 5.24. The number of aliphatic imine (C=N–C) groups is 2. The normalized spacial score (nSPS) is 13.4. The highest BCUT2D eigenvalue weighted by Crippen LogP contribution is 2.21. The van der Waals surface area contributed by atoms with Gasteiger partial charge in [0.05, 0.1) is 19.7 Å². The van der Waals surface area contributed by atoms with Crippen LogP contribution in [0.25, 0.3) is 0 Å². The van der Waals surface area contributed by atoms with Crippen molar-refractivity contribution in [3.63, 3.8) is 0 Å². The van der Waals surface area contributed by atoms with Crippen LogP contribution >= 0.6 is 0 Å². The van der Waals surface area contributed by atoms with Crippen molar-refractivity contribution in [2.75, 3.05) is 13.7 Å². The Balaban J connectivity index is 2.82. The molecule has 0 fully saturated rings. The van der Waals surface area contributed by atoms with Gasteiger partial charge in [0.1, 0.15) is 5.75 Å². The van der Waals surface area contributed by atoms with E-state index in [9.17, 15) is 0 Å². The zero-order valence-corrected chi connectivity index (χ0v) is 14.0. The van der Waals surface area contributed by atoms with Crippen LogP contribution in [0, 0.1) is 12.8 Å². The van der Waals surface area contributed by atoms with E-state index in [1.54, 1.807) is 7.11 Å². The number of hydrogen-bond acceptors (Lipinski definition) is 3. The lowest BCUT2D eigenvalue weighted by molar-refractivity contribution is 0.404. The van der Waals surface area contributed by atoms with Crippen LogP contribution in [0.2, 0.25) is 0 Å². The van der Waals surface area contributed by atoms with Crippen molar-refractivity contribution in [3.05, 3.63) is 29.3 Å². The third-order valence-electron chi connectivity index (χ3n) is 3.90. The van der Waals surface area contributed by atoms with Gasteiger partial charge in [0.2, 0.25) is 0 Å². The standard InChI is InChI=1S/C18H28N2O/c1-6-15(7-2)17(20-8-3)13-19-12-16-11-9-10-14(4)18(16)21-5/h8-12,15,17H,6-7,13H2,1-5H3/t17-/m1/s1. The minimum absolute atomic E-state index is 0.275. The molecular formula is C18H28N2O. The van der Waals surface area contributed by atoms with Gasteiger partial charge in [-0.05, 0) is 37.6 Å². The molecule has 0 aliphatic rings. The summed E-state index contributed by atoms with van der Waals surface area (Å²) in [5.74, 6) is 1.50. The van der Waals surface area contributed by atoms with Crippen LogP contribution in [-0.4, -0.2) is 32.1 Å². The zero-order valence-electron chi connectivity index (χ0n) is 14.0. The largest absolute Gasteiger partial charge is 0.496 e. The highest BCUT2D eigenvalue weighted by molar-refractivity contribution is 5.84. The van der Waals surface area contributed by atoms with E-state index >= 15 is 0 Å². The predicted octanol–water partition coefficient (Wildman–Crippen LogP) is 4.32. The fraction of sp³-hybridized carbons (Fsp3) is 0.556. The first-order chi connectivity index (χ1) is 10.2. The first kappa shape index (κ1) is 17.4. The number of aryl methyl sites for hydroxylation is 1. The summed E-state index contributed by atoms with van der Waals surface area (Å²) in [4.78, 5) is 9.20. The van der Waals surface area contributed by atoms with Gasteiger partial charge in [0.25, 0.3) is 0 Å². The van der Waals surface area contributed by atoms with Gasteiger partial charge in [-0.15, -0.1) is 0 Å². The molecule has 0 aliphatic heterocycles. The van der Waals surface area contributed by atoms with Gasteiger partial charge < -0.3 is 4.74 Å². The Morgan fingerprint density at radius 2 is 1.95 bits per heavy atom. The van der Waals surface area contributed by atoms with Crippen molar-refractivity contribution < 1.29 is 4.74 Å². The SMILES string of the molecule is CC=N[C@H](CN=Cc1cccc(C)c1OC)C(CC)CC. The van der Waals surface area contributed by atoms with Crippen LogP contribution in [-0.2, 0) is 0 Å². The molecule has 0 amide bonds. The second-order valence-electron chi connectivity index (χ2n) is 5.24. The summed E-state index contributed by atoms with van der Waals surface area (Å²) in [5, 5.41) is 0. The highest BCUT2D eigenvalue weighted by Gasteiger charge is 2.16. The smallest absolute Gasteiger partial charge is 0.130 e. The summed E-state index contributed by atoms with van der Waals surface area (Å²) >= 11 is 0. The van der Waals surface area contributed by atoms with Gasteiger partial charge in [0.15, 0.2) is 0 Å². The van der Waals surface area contributed by atoms with Crippen LogP contribution in [0.15, 0.2) is 28.2 Å². The molecule has 1 atom stereocenters. The lowest BCUT2D eigenvalue weighted by atomic mass is 9.94. The van der Waals surface area contributed by atoms with Gasteiger partial charge >= 0.3 is 0 Å². The second kappa shape index (κ2) is 9.32. The Morgan fingerprint density at radius 1 is 1.24 bits per heavy atom. The summed E-state index contributed by atoms with van der Waals surface area (Å²) in [6.07, 6.45) is 6.09. The maximum atomic E-state index is 5.45. The van der Waals surface area contributed by atoms with E-state index in [1.807, 2.05) is 44.5 Å². The number of ether oxygens (including phenoxy) is 1. The minimum Gasteiger partial charge on any atom is -0.496 e. The summed E-state index contributed by atoms with van der Waals surface area (Å²) in [6, 6.07) is 6.38. The van der Waals surface area contributed by atoms with E-state index < -0.39 is 0 Å². The van der Waals surface area contributed by atoms with Gasteiger partial charge in [-0.2, -0.15) is 0 Å². The Hall–Kier alpha value is -1.64. The molecule has 0 N–H and O–H groups in total. The molecule has 3 nitrogen and oxygen atoms in total. The number of benzene rings is 1. The Labute approximate surface area is 129 Å². The summed E-state index contributed by atoms with van der Waals surface area (Å²) in [5.41, 5.74) is 2.16. The number of nitrogens with zero attached hydrogens (tertiary/aromatic N) is 2. The third kappa shape index (κ3) is 5.00.